The largest absolute Gasteiger partial charge is 0.489 e. The van der Waals surface area contributed by atoms with E-state index in [2.05, 4.69) is 49.0 Å². The van der Waals surface area contributed by atoms with E-state index < -0.39 is 0 Å². The van der Waals surface area contributed by atoms with E-state index in [0.717, 1.165) is 22.6 Å². The van der Waals surface area contributed by atoms with Gasteiger partial charge < -0.3 is 10.1 Å². The minimum atomic E-state index is -0.293. The summed E-state index contributed by atoms with van der Waals surface area (Å²) in [5.74, 6) is 0.821. The van der Waals surface area contributed by atoms with Crippen molar-refractivity contribution in [2.24, 2.45) is 10.8 Å². The lowest BCUT2D eigenvalue weighted by atomic mass is 9.49. The van der Waals surface area contributed by atoms with Gasteiger partial charge in [-0.3, -0.25) is 9.78 Å². The molecule has 1 saturated carbocycles. The number of aromatic nitrogens is 2. The minimum Gasteiger partial charge on any atom is -0.489 e. The van der Waals surface area contributed by atoms with Gasteiger partial charge in [-0.05, 0) is 43.0 Å². The summed E-state index contributed by atoms with van der Waals surface area (Å²) in [7, 11) is 0. The molecule has 2 aromatic rings. The van der Waals surface area contributed by atoms with Crippen molar-refractivity contribution in [3.8, 4) is 11.8 Å². The maximum absolute atomic E-state index is 12.9. The smallest absolute Gasteiger partial charge is 0.271 e. The molecular formula is C25H32N4O2. The van der Waals surface area contributed by atoms with E-state index >= 15 is 0 Å². The molecule has 0 spiro atoms. The monoisotopic (exact) mass is 420 g/mol. The Bertz CT molecular complexity index is 1020. The molecule has 0 bridgehead atoms. The van der Waals surface area contributed by atoms with Crippen molar-refractivity contribution in [3.63, 3.8) is 0 Å². The maximum Gasteiger partial charge on any atom is 0.271 e. The van der Waals surface area contributed by atoms with Crippen molar-refractivity contribution in [2.45, 2.75) is 73.5 Å². The fourth-order valence-corrected chi connectivity index (χ4v) is 4.93. The Labute approximate surface area is 185 Å². The van der Waals surface area contributed by atoms with Gasteiger partial charge in [-0.2, -0.15) is 5.26 Å². The van der Waals surface area contributed by atoms with Crippen molar-refractivity contribution in [1.82, 2.24) is 15.3 Å². The Morgan fingerprint density at radius 3 is 2.26 bits per heavy atom. The third kappa shape index (κ3) is 3.89. The first-order chi connectivity index (χ1) is 14.4. The van der Waals surface area contributed by atoms with Gasteiger partial charge in [-0.1, -0.05) is 41.5 Å². The first-order valence-electron chi connectivity index (χ1n) is 10.7. The van der Waals surface area contributed by atoms with E-state index in [4.69, 9.17) is 4.74 Å². The van der Waals surface area contributed by atoms with Crippen LogP contribution in [0.15, 0.2) is 24.5 Å². The Hall–Kier alpha value is -2.94. The van der Waals surface area contributed by atoms with Gasteiger partial charge in [0.05, 0.1) is 23.5 Å². The molecule has 1 aliphatic rings. The molecule has 31 heavy (non-hydrogen) atoms. The molecule has 1 N–H and O–H groups in total. The number of amides is 1. The van der Waals surface area contributed by atoms with Crippen LogP contribution in [-0.2, 0) is 0 Å². The maximum atomic E-state index is 12.9. The molecule has 3 rings (SSSR count). The Balaban J connectivity index is 1.77. The second kappa shape index (κ2) is 7.96. The number of rotatable bonds is 5. The highest BCUT2D eigenvalue weighted by molar-refractivity contribution is 5.92. The van der Waals surface area contributed by atoms with Crippen molar-refractivity contribution >= 4 is 5.91 Å². The van der Waals surface area contributed by atoms with Crippen LogP contribution in [0.5, 0.6) is 5.75 Å². The van der Waals surface area contributed by atoms with Gasteiger partial charge in [0.1, 0.15) is 17.5 Å². The number of nitriles is 1. The van der Waals surface area contributed by atoms with Crippen molar-refractivity contribution in [1.29, 1.82) is 5.26 Å². The van der Waals surface area contributed by atoms with E-state index in [-0.39, 0.29) is 34.8 Å². The molecular weight excluding hydrogens is 388 g/mol. The Kier molecular flexibility index (Phi) is 5.84. The summed E-state index contributed by atoms with van der Waals surface area (Å²) in [6, 6.07) is 5.79. The summed E-state index contributed by atoms with van der Waals surface area (Å²) in [5, 5.41) is 12.4. The fourth-order valence-electron chi connectivity index (χ4n) is 4.93. The fraction of sp³-hybridized carbons (Fsp3) is 0.520. The molecule has 0 radical (unpaired) electrons. The Morgan fingerprint density at radius 1 is 1.10 bits per heavy atom. The molecule has 1 fully saturated rings. The number of hydrogen-bond donors (Lipinski definition) is 1. The molecule has 164 valence electrons. The number of nitrogens with one attached hydrogen (secondary N) is 1. The molecule has 0 saturated heterocycles. The second-order valence-electron chi connectivity index (χ2n) is 10.0. The van der Waals surface area contributed by atoms with Gasteiger partial charge in [0.15, 0.2) is 0 Å². The van der Waals surface area contributed by atoms with Crippen LogP contribution < -0.4 is 10.1 Å². The summed E-state index contributed by atoms with van der Waals surface area (Å²) < 4.78 is 6.46. The first-order valence-corrected chi connectivity index (χ1v) is 10.7. The zero-order chi connectivity index (χ0) is 23.1. The number of benzene rings is 1. The number of carbonyl (C=O) groups excluding carboxylic acids is 1. The SMILES string of the molecule is Cc1c(C#N)ccc(OC2C(C)(C)C(NC(=O)c3cnc(C(C)C)cn3)C2(C)C)c1C. The molecule has 0 unspecified atom stereocenters. The number of hydrogen-bond acceptors (Lipinski definition) is 5. The van der Waals surface area contributed by atoms with Crippen LogP contribution in [-0.4, -0.2) is 28.0 Å². The zero-order valence-electron chi connectivity index (χ0n) is 19.7. The quantitative estimate of drug-likeness (QED) is 0.757. The van der Waals surface area contributed by atoms with Crippen LogP contribution in [0.3, 0.4) is 0 Å². The summed E-state index contributed by atoms with van der Waals surface area (Å²) in [5.41, 5.74) is 3.16. The van der Waals surface area contributed by atoms with Gasteiger partial charge in [-0.25, -0.2) is 4.98 Å². The predicted octanol–water partition coefficient (Wildman–Crippen LogP) is 4.70. The lowest BCUT2D eigenvalue weighted by molar-refractivity contribution is -0.164. The summed E-state index contributed by atoms with van der Waals surface area (Å²) in [4.78, 5) is 21.5. The van der Waals surface area contributed by atoms with Crippen LogP contribution in [0.25, 0.3) is 0 Å². The third-order valence-corrected chi connectivity index (χ3v) is 6.71. The van der Waals surface area contributed by atoms with Crippen LogP contribution in [0.4, 0.5) is 0 Å². The normalized spacial score (nSPS) is 21.2. The molecule has 0 aliphatic heterocycles. The lowest BCUT2D eigenvalue weighted by Crippen LogP contribution is -2.74. The van der Waals surface area contributed by atoms with Crippen molar-refractivity contribution in [2.75, 3.05) is 0 Å². The third-order valence-electron chi connectivity index (χ3n) is 6.71. The summed E-state index contributed by atoms with van der Waals surface area (Å²) >= 11 is 0. The summed E-state index contributed by atoms with van der Waals surface area (Å²) in [6.07, 6.45) is 3.10. The first kappa shape index (κ1) is 22.7. The van der Waals surface area contributed by atoms with Gasteiger partial charge in [0.2, 0.25) is 0 Å². The molecule has 1 amide bonds. The van der Waals surface area contributed by atoms with Crippen LogP contribution in [0.1, 0.15) is 80.3 Å². The van der Waals surface area contributed by atoms with E-state index in [9.17, 15) is 10.1 Å². The molecule has 6 heteroatoms. The second-order valence-corrected chi connectivity index (χ2v) is 10.0. The molecule has 1 aromatic carbocycles. The topological polar surface area (TPSA) is 87.9 Å². The lowest BCUT2D eigenvalue weighted by Gasteiger charge is -2.63. The van der Waals surface area contributed by atoms with E-state index in [1.54, 1.807) is 18.5 Å². The van der Waals surface area contributed by atoms with Crippen molar-refractivity contribution < 1.29 is 9.53 Å². The number of nitrogens with zero attached hydrogens (tertiary/aromatic N) is 3. The van der Waals surface area contributed by atoms with Crippen molar-refractivity contribution in [3.05, 3.63) is 52.6 Å². The average Bonchev–Trinajstić information content (AvgIpc) is 2.72. The zero-order valence-corrected chi connectivity index (χ0v) is 19.7. The van der Waals surface area contributed by atoms with Gasteiger partial charge >= 0.3 is 0 Å². The highest BCUT2D eigenvalue weighted by Gasteiger charge is 2.64. The van der Waals surface area contributed by atoms with Crippen LogP contribution >= 0.6 is 0 Å². The average molecular weight is 421 g/mol. The van der Waals surface area contributed by atoms with Crippen LogP contribution in [0, 0.1) is 36.0 Å². The minimum absolute atomic E-state index is 0.0936. The molecule has 1 aliphatic carbocycles. The van der Waals surface area contributed by atoms with Crippen LogP contribution in [0.2, 0.25) is 0 Å². The highest BCUT2D eigenvalue weighted by Crippen LogP contribution is 2.55. The van der Waals surface area contributed by atoms with E-state index in [1.165, 1.54) is 0 Å². The van der Waals surface area contributed by atoms with Gasteiger partial charge in [0.25, 0.3) is 5.91 Å². The molecule has 1 heterocycles. The molecule has 0 atom stereocenters. The van der Waals surface area contributed by atoms with Gasteiger partial charge in [0, 0.05) is 23.1 Å². The van der Waals surface area contributed by atoms with E-state index in [1.807, 2.05) is 33.8 Å². The molecule has 6 nitrogen and oxygen atoms in total. The standard InChI is InChI=1S/C25H32N4O2/c1-14(2)18-12-28-19(13-27-18)21(30)29-22-24(5,6)23(25(22,7)8)31-20-10-9-17(11-26)15(3)16(20)4/h9-10,12-14,22-23H,1-8H3,(H,29,30). The number of carbonyl (C=O) groups is 1. The van der Waals surface area contributed by atoms with Gasteiger partial charge in [-0.15, -0.1) is 0 Å². The highest BCUT2D eigenvalue weighted by atomic mass is 16.5. The Morgan fingerprint density at radius 2 is 1.74 bits per heavy atom. The van der Waals surface area contributed by atoms with E-state index in [0.29, 0.717) is 11.3 Å². The molecule has 1 aromatic heterocycles. The summed E-state index contributed by atoms with van der Waals surface area (Å²) in [6.45, 7) is 16.4. The number of ether oxygens (including phenoxy) is 1. The predicted molar refractivity (Wildman–Crippen MR) is 120 cm³/mol.